The van der Waals surface area contributed by atoms with Crippen LogP contribution >= 0.6 is 34.9 Å². The molecule has 0 atom stereocenters. The van der Waals surface area contributed by atoms with Crippen LogP contribution in [0.1, 0.15) is 1.43 Å². The van der Waals surface area contributed by atoms with Crippen LogP contribution in [-0.2, 0) is 0 Å². The van der Waals surface area contributed by atoms with Crippen LogP contribution in [0, 0.1) is 3.95 Å². The zero-order valence-corrected chi connectivity index (χ0v) is 10.9. The third kappa shape index (κ3) is 2.25. The number of thiophene rings is 1. The van der Waals surface area contributed by atoms with Crippen molar-refractivity contribution in [2.45, 2.75) is 0 Å². The summed E-state index contributed by atoms with van der Waals surface area (Å²) in [6.45, 7) is 0. The molecule has 2 aromatic heterocycles. The SMILES string of the molecule is S=c1[nH]nc(-c2cccs2)s1.[H-].[Na+]. The fraction of sp³-hybridized carbons (Fsp3) is 0. The van der Waals surface area contributed by atoms with Gasteiger partial charge >= 0.3 is 29.6 Å². The van der Waals surface area contributed by atoms with E-state index < -0.39 is 0 Å². The molecule has 6 heteroatoms. The van der Waals surface area contributed by atoms with E-state index in [-0.39, 0.29) is 31.0 Å². The minimum atomic E-state index is 0. The number of nitrogens with zero attached hydrogens (tertiary/aromatic N) is 1. The molecule has 0 bridgehead atoms. The molecule has 58 valence electrons. The summed E-state index contributed by atoms with van der Waals surface area (Å²) in [5.41, 5.74) is 0. The zero-order chi connectivity index (χ0) is 7.68. The Kier molecular flexibility index (Phi) is 4.09. The van der Waals surface area contributed by atoms with Crippen molar-refractivity contribution >= 4 is 34.9 Å². The van der Waals surface area contributed by atoms with E-state index in [2.05, 4.69) is 10.2 Å². The zero-order valence-electron chi connectivity index (χ0n) is 7.40. The van der Waals surface area contributed by atoms with Crippen molar-refractivity contribution in [3.8, 4) is 9.88 Å². The maximum atomic E-state index is 4.91. The topological polar surface area (TPSA) is 28.7 Å². The predicted octanol–water partition coefficient (Wildman–Crippen LogP) is 0.0457. The van der Waals surface area contributed by atoms with Crippen LogP contribution in [0.3, 0.4) is 0 Å². The Bertz CT molecular complexity index is 394. The van der Waals surface area contributed by atoms with Gasteiger partial charge in [-0.05, 0) is 23.7 Å². The molecule has 0 spiro atoms. The van der Waals surface area contributed by atoms with E-state index in [1.54, 1.807) is 11.3 Å². The molecule has 0 saturated heterocycles. The van der Waals surface area contributed by atoms with E-state index in [9.17, 15) is 0 Å². The number of H-pyrrole nitrogens is 1. The second kappa shape index (κ2) is 4.64. The molecule has 0 fully saturated rings. The summed E-state index contributed by atoms with van der Waals surface area (Å²) in [4.78, 5) is 1.17. The largest absolute Gasteiger partial charge is 1.00 e. The van der Waals surface area contributed by atoms with Crippen LogP contribution in [-0.4, -0.2) is 10.2 Å². The maximum absolute atomic E-state index is 4.91. The second-order valence-corrected chi connectivity index (χ2v) is 4.51. The Morgan fingerprint density at radius 3 is 2.92 bits per heavy atom. The molecule has 0 aliphatic carbocycles. The van der Waals surface area contributed by atoms with Crippen molar-refractivity contribution in [2.75, 3.05) is 0 Å². The van der Waals surface area contributed by atoms with E-state index in [1.807, 2.05) is 17.5 Å². The summed E-state index contributed by atoms with van der Waals surface area (Å²) in [5, 5.41) is 9.81. The van der Waals surface area contributed by atoms with E-state index in [0.717, 1.165) is 8.96 Å². The van der Waals surface area contributed by atoms with Crippen LogP contribution in [0.5, 0.6) is 0 Å². The van der Waals surface area contributed by atoms with Gasteiger partial charge in [0, 0.05) is 0 Å². The molecule has 2 heterocycles. The van der Waals surface area contributed by atoms with Crippen molar-refractivity contribution in [1.29, 1.82) is 0 Å². The van der Waals surface area contributed by atoms with E-state index in [4.69, 9.17) is 12.2 Å². The quantitative estimate of drug-likeness (QED) is 0.547. The fourth-order valence-corrected chi connectivity index (χ4v) is 2.42. The fourth-order valence-electron chi connectivity index (χ4n) is 0.736. The van der Waals surface area contributed by atoms with Gasteiger partial charge in [0.05, 0.1) is 4.88 Å². The van der Waals surface area contributed by atoms with Gasteiger partial charge < -0.3 is 1.43 Å². The summed E-state index contributed by atoms with van der Waals surface area (Å²) >= 11 is 8.09. The summed E-state index contributed by atoms with van der Waals surface area (Å²) in [7, 11) is 0. The normalized spacial score (nSPS) is 9.33. The number of rotatable bonds is 1. The van der Waals surface area contributed by atoms with E-state index in [1.165, 1.54) is 16.2 Å². The first kappa shape index (κ1) is 10.6. The molecule has 0 aliphatic heterocycles. The van der Waals surface area contributed by atoms with Crippen LogP contribution in [0.4, 0.5) is 0 Å². The third-order valence-corrected chi connectivity index (χ3v) is 3.30. The first-order chi connectivity index (χ1) is 5.36. The van der Waals surface area contributed by atoms with Crippen LogP contribution in [0.15, 0.2) is 17.5 Å². The Labute approximate surface area is 106 Å². The van der Waals surface area contributed by atoms with Gasteiger partial charge in [-0.1, -0.05) is 17.4 Å². The molecule has 0 radical (unpaired) electrons. The van der Waals surface area contributed by atoms with Gasteiger partial charge in [0.15, 0.2) is 8.96 Å². The number of hydrogen-bond acceptors (Lipinski definition) is 4. The molecule has 2 aromatic rings. The first-order valence-electron chi connectivity index (χ1n) is 2.95. The molecule has 0 aliphatic rings. The number of nitrogens with one attached hydrogen (secondary N) is 1. The van der Waals surface area contributed by atoms with Gasteiger partial charge in [-0.25, -0.2) is 0 Å². The van der Waals surface area contributed by atoms with Crippen LogP contribution < -0.4 is 29.6 Å². The minimum Gasteiger partial charge on any atom is -1.00 e. The molecular weight excluding hydrogens is 219 g/mol. The summed E-state index contributed by atoms with van der Waals surface area (Å²) in [6.07, 6.45) is 0. The van der Waals surface area contributed by atoms with Crippen molar-refractivity contribution in [3.63, 3.8) is 0 Å². The predicted molar refractivity (Wildman–Crippen MR) is 51.7 cm³/mol. The molecular formula is C6H5N2NaS3. The molecule has 0 unspecified atom stereocenters. The van der Waals surface area contributed by atoms with Gasteiger partial charge in [0.2, 0.25) is 0 Å². The molecule has 0 aromatic carbocycles. The summed E-state index contributed by atoms with van der Waals surface area (Å²) < 4.78 is 0.730. The molecule has 0 saturated carbocycles. The van der Waals surface area contributed by atoms with Gasteiger partial charge in [-0.2, -0.15) is 5.10 Å². The first-order valence-corrected chi connectivity index (χ1v) is 5.06. The maximum Gasteiger partial charge on any atom is 1.00 e. The van der Waals surface area contributed by atoms with Crippen LogP contribution in [0.2, 0.25) is 0 Å². The minimum absolute atomic E-state index is 0. The molecule has 12 heavy (non-hydrogen) atoms. The summed E-state index contributed by atoms with van der Waals surface area (Å²) in [5.74, 6) is 0. The third-order valence-electron chi connectivity index (χ3n) is 1.17. The molecule has 2 nitrogen and oxygen atoms in total. The smallest absolute Gasteiger partial charge is 1.00 e. The van der Waals surface area contributed by atoms with Gasteiger partial charge in [0.1, 0.15) is 0 Å². The monoisotopic (exact) mass is 224 g/mol. The molecule has 2 rings (SSSR count). The second-order valence-electron chi connectivity index (χ2n) is 1.90. The Morgan fingerprint density at radius 2 is 2.42 bits per heavy atom. The van der Waals surface area contributed by atoms with Gasteiger partial charge in [0.25, 0.3) is 0 Å². The van der Waals surface area contributed by atoms with Crippen LogP contribution in [0.25, 0.3) is 9.88 Å². The van der Waals surface area contributed by atoms with Gasteiger partial charge in [-0.15, -0.1) is 11.3 Å². The van der Waals surface area contributed by atoms with Crippen molar-refractivity contribution in [3.05, 3.63) is 21.5 Å². The van der Waals surface area contributed by atoms with Crippen molar-refractivity contribution < 1.29 is 31.0 Å². The average molecular weight is 224 g/mol. The molecule has 1 N–H and O–H groups in total. The summed E-state index contributed by atoms with van der Waals surface area (Å²) in [6, 6.07) is 4.04. The Hall–Kier alpha value is 0.480. The number of aromatic nitrogens is 2. The van der Waals surface area contributed by atoms with E-state index in [0.29, 0.717) is 0 Å². The number of hydrogen-bond donors (Lipinski definition) is 1. The van der Waals surface area contributed by atoms with Gasteiger partial charge in [-0.3, -0.25) is 5.10 Å². The van der Waals surface area contributed by atoms with E-state index >= 15 is 0 Å². The standard InChI is InChI=1S/C6H4N2S3.Na.H/c9-6-8-7-5(11-6)4-2-1-3-10-4;;/h1-3H,(H,8,9);;/q;+1;-1. The van der Waals surface area contributed by atoms with Crippen molar-refractivity contribution in [2.24, 2.45) is 0 Å². The van der Waals surface area contributed by atoms with Crippen molar-refractivity contribution in [1.82, 2.24) is 10.2 Å². The Balaban J connectivity index is 0.000000720. The molecule has 0 amide bonds. The number of aromatic amines is 1. The average Bonchev–Trinajstić information content (AvgIpc) is 2.55. The Morgan fingerprint density at radius 1 is 1.58 bits per heavy atom.